The molecule has 0 bridgehead atoms. The number of rotatable bonds is 3. The molecule has 1 aromatic carbocycles. The Bertz CT molecular complexity index is 800. The molecular weight excluding hydrogens is 273 g/mol. The van der Waals surface area contributed by atoms with Crippen LogP contribution < -0.4 is 5.32 Å². The van der Waals surface area contributed by atoms with E-state index in [1.165, 1.54) is 12.1 Å². The van der Waals surface area contributed by atoms with Crippen molar-refractivity contribution in [2.75, 3.05) is 0 Å². The lowest BCUT2D eigenvalue weighted by Crippen LogP contribution is -2.24. The molecule has 108 valence electrons. The van der Waals surface area contributed by atoms with Crippen LogP contribution in [-0.4, -0.2) is 25.7 Å². The fourth-order valence-corrected chi connectivity index (χ4v) is 2.04. The predicted octanol–water partition coefficient (Wildman–Crippen LogP) is 1.67. The molecule has 0 saturated heterocycles. The SMILES string of the molecule is Cc1cc(C(=O)NCc2nc3ccc(F)cc3[nH]2)nn1C. The topological polar surface area (TPSA) is 75.6 Å². The summed E-state index contributed by atoms with van der Waals surface area (Å²) < 4.78 is 14.7. The zero-order valence-electron chi connectivity index (χ0n) is 11.6. The summed E-state index contributed by atoms with van der Waals surface area (Å²) in [5, 5.41) is 6.83. The number of hydrogen-bond donors (Lipinski definition) is 2. The highest BCUT2D eigenvalue weighted by molar-refractivity contribution is 5.92. The molecule has 0 atom stereocenters. The minimum absolute atomic E-state index is 0.227. The Morgan fingerprint density at radius 2 is 2.24 bits per heavy atom. The second-order valence-electron chi connectivity index (χ2n) is 4.82. The number of nitrogens with one attached hydrogen (secondary N) is 2. The zero-order valence-corrected chi connectivity index (χ0v) is 11.6. The fraction of sp³-hybridized carbons (Fsp3) is 0.214. The molecule has 0 aliphatic carbocycles. The summed E-state index contributed by atoms with van der Waals surface area (Å²) in [5.74, 6) is -0.0346. The molecule has 1 amide bonds. The largest absolute Gasteiger partial charge is 0.343 e. The number of aromatic nitrogens is 4. The molecule has 2 heterocycles. The monoisotopic (exact) mass is 287 g/mol. The van der Waals surface area contributed by atoms with Gasteiger partial charge in [0.15, 0.2) is 0 Å². The van der Waals surface area contributed by atoms with Gasteiger partial charge in [0.05, 0.1) is 17.6 Å². The van der Waals surface area contributed by atoms with E-state index < -0.39 is 0 Å². The number of nitrogens with zero attached hydrogens (tertiary/aromatic N) is 3. The molecule has 3 rings (SSSR count). The summed E-state index contributed by atoms with van der Waals surface area (Å²) in [6, 6.07) is 6.02. The summed E-state index contributed by atoms with van der Waals surface area (Å²) in [6.07, 6.45) is 0. The van der Waals surface area contributed by atoms with Crippen LogP contribution in [-0.2, 0) is 13.6 Å². The Labute approximate surface area is 120 Å². The Hall–Kier alpha value is -2.70. The van der Waals surface area contributed by atoms with Crippen molar-refractivity contribution in [2.45, 2.75) is 13.5 Å². The number of hydrogen-bond acceptors (Lipinski definition) is 3. The van der Waals surface area contributed by atoms with Crippen LogP contribution in [0.2, 0.25) is 0 Å². The first-order valence-corrected chi connectivity index (χ1v) is 6.46. The number of benzene rings is 1. The van der Waals surface area contributed by atoms with Crippen molar-refractivity contribution in [3.63, 3.8) is 0 Å². The molecule has 0 aliphatic heterocycles. The first-order valence-electron chi connectivity index (χ1n) is 6.46. The van der Waals surface area contributed by atoms with Crippen molar-refractivity contribution in [3.05, 3.63) is 47.3 Å². The Morgan fingerprint density at radius 3 is 2.95 bits per heavy atom. The second kappa shape index (κ2) is 5.01. The van der Waals surface area contributed by atoms with E-state index in [4.69, 9.17) is 0 Å². The molecular formula is C14H14FN5O. The highest BCUT2D eigenvalue weighted by Gasteiger charge is 2.11. The van der Waals surface area contributed by atoms with Crippen LogP contribution in [0.1, 0.15) is 22.0 Å². The van der Waals surface area contributed by atoms with Crippen LogP contribution in [0.25, 0.3) is 11.0 Å². The van der Waals surface area contributed by atoms with E-state index in [1.807, 2.05) is 6.92 Å². The van der Waals surface area contributed by atoms with Gasteiger partial charge in [-0.05, 0) is 31.2 Å². The second-order valence-corrected chi connectivity index (χ2v) is 4.82. The molecule has 0 aliphatic rings. The molecule has 0 fully saturated rings. The van der Waals surface area contributed by atoms with E-state index in [-0.39, 0.29) is 18.3 Å². The third-order valence-corrected chi connectivity index (χ3v) is 3.26. The van der Waals surface area contributed by atoms with Gasteiger partial charge in [0.25, 0.3) is 5.91 Å². The number of halogens is 1. The summed E-state index contributed by atoms with van der Waals surface area (Å²) in [4.78, 5) is 19.2. The van der Waals surface area contributed by atoms with Gasteiger partial charge >= 0.3 is 0 Å². The first-order chi connectivity index (χ1) is 10.0. The lowest BCUT2D eigenvalue weighted by Gasteiger charge is -1.99. The molecule has 0 unspecified atom stereocenters. The minimum Gasteiger partial charge on any atom is -0.343 e. The molecule has 21 heavy (non-hydrogen) atoms. The molecule has 2 N–H and O–H groups in total. The number of carbonyl (C=O) groups excluding carboxylic acids is 1. The average Bonchev–Trinajstić information content (AvgIpc) is 2.99. The van der Waals surface area contributed by atoms with Crippen LogP contribution in [0, 0.1) is 12.7 Å². The quantitative estimate of drug-likeness (QED) is 0.769. The van der Waals surface area contributed by atoms with Gasteiger partial charge in [0, 0.05) is 12.7 Å². The van der Waals surface area contributed by atoms with Crippen LogP contribution in [0.3, 0.4) is 0 Å². The maximum atomic E-state index is 13.1. The van der Waals surface area contributed by atoms with Gasteiger partial charge in [0.1, 0.15) is 17.3 Å². The lowest BCUT2D eigenvalue weighted by atomic mass is 10.3. The first kappa shape index (κ1) is 13.3. The van der Waals surface area contributed by atoms with Crippen LogP contribution in [0.15, 0.2) is 24.3 Å². The number of imidazole rings is 1. The highest BCUT2D eigenvalue weighted by Crippen LogP contribution is 2.12. The van der Waals surface area contributed by atoms with E-state index in [0.29, 0.717) is 22.6 Å². The van der Waals surface area contributed by atoms with Gasteiger partial charge in [-0.3, -0.25) is 9.48 Å². The van der Waals surface area contributed by atoms with E-state index in [1.54, 1.807) is 23.9 Å². The number of H-pyrrole nitrogens is 1. The smallest absolute Gasteiger partial charge is 0.272 e. The number of aromatic amines is 1. The predicted molar refractivity (Wildman–Crippen MR) is 75.2 cm³/mol. The van der Waals surface area contributed by atoms with Crippen molar-refractivity contribution in [1.82, 2.24) is 25.1 Å². The third-order valence-electron chi connectivity index (χ3n) is 3.26. The van der Waals surface area contributed by atoms with Crippen molar-refractivity contribution < 1.29 is 9.18 Å². The molecule has 0 radical (unpaired) electrons. The van der Waals surface area contributed by atoms with Crippen LogP contribution >= 0.6 is 0 Å². The fourth-order valence-electron chi connectivity index (χ4n) is 2.04. The Balaban J connectivity index is 1.72. The zero-order chi connectivity index (χ0) is 15.0. The number of aryl methyl sites for hydroxylation is 2. The number of amides is 1. The van der Waals surface area contributed by atoms with E-state index in [2.05, 4.69) is 20.4 Å². The maximum absolute atomic E-state index is 13.1. The molecule has 0 saturated carbocycles. The lowest BCUT2D eigenvalue weighted by molar-refractivity contribution is 0.0944. The average molecular weight is 287 g/mol. The molecule has 7 heteroatoms. The van der Waals surface area contributed by atoms with Gasteiger partial charge < -0.3 is 10.3 Å². The van der Waals surface area contributed by atoms with Crippen molar-refractivity contribution in [1.29, 1.82) is 0 Å². The van der Waals surface area contributed by atoms with Crippen molar-refractivity contribution in [2.24, 2.45) is 7.05 Å². The Kier molecular flexibility index (Phi) is 3.17. The van der Waals surface area contributed by atoms with Crippen LogP contribution in [0.4, 0.5) is 4.39 Å². The molecule has 3 aromatic rings. The molecule has 6 nitrogen and oxygen atoms in total. The third kappa shape index (κ3) is 2.62. The highest BCUT2D eigenvalue weighted by atomic mass is 19.1. The van der Waals surface area contributed by atoms with E-state index >= 15 is 0 Å². The summed E-state index contributed by atoms with van der Waals surface area (Å²) in [5.41, 5.74) is 2.53. The maximum Gasteiger partial charge on any atom is 0.272 e. The minimum atomic E-state index is -0.328. The Morgan fingerprint density at radius 1 is 1.43 bits per heavy atom. The van der Waals surface area contributed by atoms with Gasteiger partial charge in [-0.2, -0.15) is 5.10 Å². The van der Waals surface area contributed by atoms with E-state index in [9.17, 15) is 9.18 Å². The van der Waals surface area contributed by atoms with Crippen molar-refractivity contribution >= 4 is 16.9 Å². The van der Waals surface area contributed by atoms with E-state index in [0.717, 1.165) is 5.69 Å². The number of carbonyl (C=O) groups is 1. The summed E-state index contributed by atoms with van der Waals surface area (Å²) >= 11 is 0. The van der Waals surface area contributed by atoms with Gasteiger partial charge in [-0.1, -0.05) is 0 Å². The van der Waals surface area contributed by atoms with Gasteiger partial charge in [-0.25, -0.2) is 9.37 Å². The van der Waals surface area contributed by atoms with Crippen molar-refractivity contribution in [3.8, 4) is 0 Å². The normalized spacial score (nSPS) is 11.0. The van der Waals surface area contributed by atoms with Gasteiger partial charge in [-0.15, -0.1) is 0 Å². The summed E-state index contributed by atoms with van der Waals surface area (Å²) in [7, 11) is 1.78. The molecule has 2 aromatic heterocycles. The van der Waals surface area contributed by atoms with Gasteiger partial charge in [0.2, 0.25) is 0 Å². The van der Waals surface area contributed by atoms with Crippen LogP contribution in [0.5, 0.6) is 0 Å². The number of fused-ring (bicyclic) bond motifs is 1. The summed E-state index contributed by atoms with van der Waals surface area (Å²) in [6.45, 7) is 2.10. The molecule has 0 spiro atoms. The standard InChI is InChI=1S/C14H14FN5O/c1-8-5-12(19-20(8)2)14(21)16-7-13-17-10-4-3-9(15)6-11(10)18-13/h3-6H,7H2,1-2H3,(H,16,21)(H,17,18).